The van der Waals surface area contributed by atoms with Gasteiger partial charge in [0.1, 0.15) is 5.82 Å². The molecule has 0 aliphatic heterocycles. The average Bonchev–Trinajstić information content (AvgIpc) is 2.31. The van der Waals surface area contributed by atoms with Gasteiger partial charge >= 0.3 is 0 Å². The highest BCUT2D eigenvalue weighted by atomic mass is 79.9. The molecule has 0 atom stereocenters. The molecular formula is C13H6Br2ClFO. The van der Waals surface area contributed by atoms with Gasteiger partial charge in [-0.2, -0.15) is 0 Å². The molecule has 0 unspecified atom stereocenters. The maximum absolute atomic E-state index is 13.6. The van der Waals surface area contributed by atoms with Crippen LogP contribution in [0.25, 0.3) is 0 Å². The van der Waals surface area contributed by atoms with Crippen molar-refractivity contribution >= 4 is 49.2 Å². The van der Waals surface area contributed by atoms with Crippen LogP contribution in [0.5, 0.6) is 0 Å². The van der Waals surface area contributed by atoms with Crippen molar-refractivity contribution in [2.75, 3.05) is 0 Å². The standard InChI is InChI=1S/C13H6Br2ClFO/c14-7-2-4-12(17)10(5-7)13(18)9-3-1-8(15)6-11(9)16/h1-6H. The number of carbonyl (C=O) groups is 1. The first-order chi connectivity index (χ1) is 8.49. The van der Waals surface area contributed by atoms with Gasteiger partial charge in [0.25, 0.3) is 0 Å². The van der Waals surface area contributed by atoms with Crippen LogP contribution in [0.2, 0.25) is 5.02 Å². The van der Waals surface area contributed by atoms with Crippen LogP contribution in [-0.2, 0) is 0 Å². The van der Waals surface area contributed by atoms with Gasteiger partial charge in [-0.3, -0.25) is 4.79 Å². The molecule has 0 bridgehead atoms. The minimum Gasteiger partial charge on any atom is -0.288 e. The van der Waals surface area contributed by atoms with E-state index in [1.807, 2.05) is 0 Å². The molecule has 92 valence electrons. The largest absolute Gasteiger partial charge is 0.288 e. The van der Waals surface area contributed by atoms with E-state index in [9.17, 15) is 9.18 Å². The van der Waals surface area contributed by atoms with Crippen molar-refractivity contribution in [3.8, 4) is 0 Å². The van der Waals surface area contributed by atoms with Crippen molar-refractivity contribution < 1.29 is 9.18 Å². The highest BCUT2D eigenvalue weighted by Gasteiger charge is 2.17. The lowest BCUT2D eigenvalue weighted by atomic mass is 10.0. The van der Waals surface area contributed by atoms with Gasteiger partial charge in [0.05, 0.1) is 10.6 Å². The van der Waals surface area contributed by atoms with Crippen molar-refractivity contribution in [3.05, 3.63) is 67.3 Å². The van der Waals surface area contributed by atoms with Gasteiger partial charge in [0.15, 0.2) is 5.78 Å². The Kier molecular flexibility index (Phi) is 4.20. The molecule has 0 heterocycles. The van der Waals surface area contributed by atoms with E-state index < -0.39 is 11.6 Å². The molecule has 0 spiro atoms. The zero-order chi connectivity index (χ0) is 13.3. The van der Waals surface area contributed by atoms with Gasteiger partial charge in [-0.05, 0) is 36.4 Å². The fourth-order valence-electron chi connectivity index (χ4n) is 1.49. The molecule has 0 fully saturated rings. The van der Waals surface area contributed by atoms with Crippen LogP contribution in [0.4, 0.5) is 4.39 Å². The highest BCUT2D eigenvalue weighted by Crippen LogP contribution is 2.25. The monoisotopic (exact) mass is 390 g/mol. The van der Waals surface area contributed by atoms with Gasteiger partial charge in [-0.25, -0.2) is 4.39 Å². The number of ketones is 1. The number of carbonyl (C=O) groups excluding carboxylic acids is 1. The predicted molar refractivity (Wildman–Crippen MR) is 76.7 cm³/mol. The van der Waals surface area contributed by atoms with Crippen molar-refractivity contribution in [3.63, 3.8) is 0 Å². The van der Waals surface area contributed by atoms with Gasteiger partial charge < -0.3 is 0 Å². The zero-order valence-corrected chi connectivity index (χ0v) is 12.8. The maximum Gasteiger partial charge on any atom is 0.197 e. The smallest absolute Gasteiger partial charge is 0.197 e. The van der Waals surface area contributed by atoms with Crippen molar-refractivity contribution in [1.29, 1.82) is 0 Å². The summed E-state index contributed by atoms with van der Waals surface area (Å²) >= 11 is 12.4. The molecule has 5 heteroatoms. The van der Waals surface area contributed by atoms with Crippen LogP contribution >= 0.6 is 43.5 Å². The summed E-state index contributed by atoms with van der Waals surface area (Å²) < 4.78 is 15.0. The predicted octanol–water partition coefficient (Wildman–Crippen LogP) is 5.24. The van der Waals surface area contributed by atoms with Crippen LogP contribution in [0.3, 0.4) is 0 Å². The number of halogens is 4. The second-order valence-corrected chi connectivity index (χ2v) is 5.82. The molecule has 0 aliphatic rings. The average molecular weight is 392 g/mol. The summed E-state index contributed by atoms with van der Waals surface area (Å²) in [5, 5.41) is 0.286. The lowest BCUT2D eigenvalue weighted by Crippen LogP contribution is -2.05. The summed E-state index contributed by atoms with van der Waals surface area (Å²) in [7, 11) is 0. The number of rotatable bonds is 2. The van der Waals surface area contributed by atoms with Gasteiger partial charge in [0, 0.05) is 14.5 Å². The Morgan fingerprint density at radius 2 is 1.61 bits per heavy atom. The second-order valence-electron chi connectivity index (χ2n) is 3.58. The van der Waals surface area contributed by atoms with E-state index >= 15 is 0 Å². The number of hydrogen-bond acceptors (Lipinski definition) is 1. The minimum absolute atomic E-state index is 0.00593. The third-order valence-corrected chi connectivity index (χ3v) is 3.65. The van der Waals surface area contributed by atoms with Crippen LogP contribution in [-0.4, -0.2) is 5.78 Å². The molecule has 0 aromatic heterocycles. The van der Waals surface area contributed by atoms with E-state index in [1.165, 1.54) is 18.2 Å². The zero-order valence-electron chi connectivity index (χ0n) is 8.88. The molecule has 0 saturated carbocycles. The molecule has 2 aromatic carbocycles. The summed E-state index contributed by atoms with van der Waals surface area (Å²) in [6.45, 7) is 0. The summed E-state index contributed by atoms with van der Waals surface area (Å²) in [5.41, 5.74) is 0.269. The molecule has 0 aliphatic carbocycles. The Morgan fingerprint density at radius 3 is 2.28 bits per heavy atom. The molecule has 0 N–H and O–H groups in total. The SMILES string of the molecule is O=C(c1cc(Br)ccc1F)c1ccc(Br)cc1Cl. The Morgan fingerprint density at radius 1 is 1.00 bits per heavy atom. The molecule has 0 amide bonds. The normalized spacial score (nSPS) is 10.4. The van der Waals surface area contributed by atoms with Crippen LogP contribution in [0.1, 0.15) is 15.9 Å². The Balaban J connectivity index is 2.51. The molecule has 0 saturated heterocycles. The van der Waals surface area contributed by atoms with E-state index in [0.717, 1.165) is 4.47 Å². The first-order valence-corrected chi connectivity index (χ1v) is 6.90. The molecular weight excluding hydrogens is 386 g/mol. The Hall–Kier alpha value is -0.710. The van der Waals surface area contributed by atoms with Crippen LogP contribution in [0.15, 0.2) is 45.3 Å². The van der Waals surface area contributed by atoms with Crippen molar-refractivity contribution in [1.82, 2.24) is 0 Å². The second kappa shape index (κ2) is 5.51. The minimum atomic E-state index is -0.567. The Labute approximate surface area is 125 Å². The first kappa shape index (κ1) is 13.7. The lowest BCUT2D eigenvalue weighted by molar-refractivity contribution is 0.103. The van der Waals surface area contributed by atoms with Crippen molar-refractivity contribution in [2.24, 2.45) is 0 Å². The fourth-order valence-corrected chi connectivity index (χ4v) is 2.61. The van der Waals surface area contributed by atoms with Gasteiger partial charge in [-0.1, -0.05) is 43.5 Å². The number of benzene rings is 2. The molecule has 2 aromatic rings. The van der Waals surface area contributed by atoms with E-state index in [4.69, 9.17) is 11.6 Å². The van der Waals surface area contributed by atoms with Gasteiger partial charge in [-0.15, -0.1) is 0 Å². The summed E-state index contributed by atoms with van der Waals surface area (Å²) in [6, 6.07) is 9.07. The van der Waals surface area contributed by atoms with Crippen LogP contribution < -0.4 is 0 Å². The van der Waals surface area contributed by atoms with E-state index in [-0.39, 0.29) is 16.1 Å². The molecule has 1 nitrogen and oxygen atoms in total. The lowest BCUT2D eigenvalue weighted by Gasteiger charge is -2.06. The summed E-state index contributed by atoms with van der Waals surface area (Å²) in [4.78, 5) is 12.2. The Bertz CT molecular complexity index is 628. The maximum atomic E-state index is 13.6. The summed E-state index contributed by atoms with van der Waals surface area (Å²) in [6.07, 6.45) is 0. The van der Waals surface area contributed by atoms with E-state index in [2.05, 4.69) is 31.9 Å². The molecule has 18 heavy (non-hydrogen) atoms. The number of hydrogen-bond donors (Lipinski definition) is 0. The van der Waals surface area contributed by atoms with E-state index in [1.54, 1.807) is 18.2 Å². The molecule has 0 radical (unpaired) electrons. The summed E-state index contributed by atoms with van der Waals surface area (Å²) in [5.74, 6) is -1.01. The first-order valence-electron chi connectivity index (χ1n) is 4.94. The highest BCUT2D eigenvalue weighted by molar-refractivity contribution is 9.10. The quantitative estimate of drug-likeness (QED) is 0.639. The third-order valence-electron chi connectivity index (χ3n) is 2.35. The third kappa shape index (κ3) is 2.82. The fraction of sp³-hybridized carbons (Fsp3) is 0. The van der Waals surface area contributed by atoms with Gasteiger partial charge in [0.2, 0.25) is 0 Å². The topological polar surface area (TPSA) is 17.1 Å². The molecule has 2 rings (SSSR count). The van der Waals surface area contributed by atoms with E-state index in [0.29, 0.717) is 4.47 Å². The van der Waals surface area contributed by atoms with Crippen molar-refractivity contribution in [2.45, 2.75) is 0 Å². The van der Waals surface area contributed by atoms with Crippen LogP contribution in [0, 0.1) is 5.82 Å².